The van der Waals surface area contributed by atoms with Crippen molar-refractivity contribution in [1.29, 1.82) is 0 Å². The zero-order valence-electron chi connectivity index (χ0n) is 22.4. The zero-order valence-corrected chi connectivity index (χ0v) is 22.4. The van der Waals surface area contributed by atoms with E-state index in [-0.39, 0.29) is 0 Å². The minimum Gasteiger partial charge on any atom is -0.494 e. The molecule has 190 valence electrons. The molecule has 34 heavy (non-hydrogen) atoms. The van der Waals surface area contributed by atoms with Crippen LogP contribution in [0.4, 0.5) is 11.4 Å². The second-order valence-corrected chi connectivity index (χ2v) is 10.2. The minimum atomic E-state index is 0.525. The van der Waals surface area contributed by atoms with E-state index in [4.69, 9.17) is 9.47 Å². The van der Waals surface area contributed by atoms with Gasteiger partial charge >= 0.3 is 0 Å². The normalized spacial score (nSPS) is 13.1. The van der Waals surface area contributed by atoms with Gasteiger partial charge in [0.1, 0.15) is 11.5 Å². The fraction of sp³-hybridized carbons (Fsp3) is 0.600. The van der Waals surface area contributed by atoms with Crippen LogP contribution >= 0.6 is 0 Å². The first-order chi connectivity index (χ1) is 16.4. The van der Waals surface area contributed by atoms with Crippen LogP contribution in [0.15, 0.2) is 48.5 Å². The van der Waals surface area contributed by atoms with Crippen LogP contribution in [0.3, 0.4) is 0 Å². The Morgan fingerprint density at radius 2 is 0.941 bits per heavy atom. The van der Waals surface area contributed by atoms with E-state index in [1.165, 1.54) is 24.2 Å². The van der Waals surface area contributed by atoms with Crippen LogP contribution < -0.4 is 20.1 Å². The van der Waals surface area contributed by atoms with Crippen molar-refractivity contribution in [2.24, 2.45) is 11.8 Å². The fourth-order valence-corrected chi connectivity index (χ4v) is 4.14. The fourth-order valence-electron chi connectivity index (χ4n) is 4.14. The molecule has 2 atom stereocenters. The van der Waals surface area contributed by atoms with Crippen LogP contribution in [-0.4, -0.2) is 25.3 Å². The summed E-state index contributed by atoms with van der Waals surface area (Å²) < 4.78 is 11.8. The van der Waals surface area contributed by atoms with Crippen molar-refractivity contribution in [2.45, 2.75) is 92.2 Å². The number of nitrogens with one attached hydrogen (secondary N) is 2. The molecular formula is C30H48N2O2. The van der Waals surface area contributed by atoms with Crippen LogP contribution in [0, 0.1) is 11.8 Å². The van der Waals surface area contributed by atoms with Gasteiger partial charge in [-0.2, -0.15) is 0 Å². The summed E-state index contributed by atoms with van der Waals surface area (Å²) in [7, 11) is 0. The Morgan fingerprint density at radius 1 is 0.588 bits per heavy atom. The van der Waals surface area contributed by atoms with Gasteiger partial charge in [-0.05, 0) is 98.9 Å². The van der Waals surface area contributed by atoms with Crippen LogP contribution in [0.1, 0.15) is 80.1 Å². The van der Waals surface area contributed by atoms with Gasteiger partial charge in [-0.1, -0.05) is 41.5 Å². The summed E-state index contributed by atoms with van der Waals surface area (Å²) in [5.74, 6) is 3.26. The molecule has 0 aliphatic heterocycles. The van der Waals surface area contributed by atoms with Gasteiger partial charge in [0, 0.05) is 23.5 Å². The molecule has 0 spiro atoms. The first-order valence-corrected chi connectivity index (χ1v) is 13.4. The van der Waals surface area contributed by atoms with Gasteiger partial charge in [0.15, 0.2) is 0 Å². The molecule has 0 heterocycles. The molecule has 0 aromatic heterocycles. The highest BCUT2D eigenvalue weighted by molar-refractivity contribution is 5.47. The van der Waals surface area contributed by atoms with Crippen LogP contribution in [0.2, 0.25) is 0 Å². The molecule has 2 aromatic rings. The topological polar surface area (TPSA) is 42.5 Å². The number of hydrogen-bond donors (Lipinski definition) is 2. The van der Waals surface area contributed by atoms with Gasteiger partial charge in [0.2, 0.25) is 0 Å². The molecule has 2 unspecified atom stereocenters. The largest absolute Gasteiger partial charge is 0.494 e. The molecular weight excluding hydrogens is 420 g/mol. The highest BCUT2D eigenvalue weighted by atomic mass is 16.5. The Morgan fingerprint density at radius 3 is 1.24 bits per heavy atom. The molecule has 4 nitrogen and oxygen atoms in total. The van der Waals surface area contributed by atoms with E-state index >= 15 is 0 Å². The van der Waals surface area contributed by atoms with Gasteiger partial charge in [0.25, 0.3) is 0 Å². The molecule has 0 saturated carbocycles. The molecule has 0 radical (unpaired) electrons. The molecule has 0 bridgehead atoms. The Balaban J connectivity index is 1.62. The summed E-state index contributed by atoms with van der Waals surface area (Å²) in [6.45, 7) is 15.0. The molecule has 0 saturated heterocycles. The van der Waals surface area contributed by atoms with Crippen molar-refractivity contribution in [3.8, 4) is 11.5 Å². The molecule has 2 aromatic carbocycles. The smallest absolute Gasteiger partial charge is 0.119 e. The van der Waals surface area contributed by atoms with E-state index in [0.717, 1.165) is 37.2 Å². The highest BCUT2D eigenvalue weighted by Gasteiger charge is 2.09. The predicted octanol–water partition coefficient (Wildman–Crippen LogP) is 8.40. The SMILES string of the molecule is CCC(CC(C)C)Nc1ccc(OCCCCOc2ccc(NC(CC)CC(C)C)cc2)cc1. The number of anilines is 2. The van der Waals surface area contributed by atoms with Crippen molar-refractivity contribution in [3.63, 3.8) is 0 Å². The van der Waals surface area contributed by atoms with Crippen molar-refractivity contribution in [3.05, 3.63) is 48.5 Å². The first-order valence-electron chi connectivity index (χ1n) is 13.4. The Bertz CT molecular complexity index is 704. The first kappa shape index (κ1) is 27.9. The second kappa shape index (κ2) is 15.5. The van der Waals surface area contributed by atoms with Crippen molar-refractivity contribution in [1.82, 2.24) is 0 Å². The molecule has 2 rings (SSSR count). The third-order valence-corrected chi connectivity index (χ3v) is 6.02. The standard InChI is InChI=1S/C30H48N2O2/c1-7-25(21-23(3)4)31-27-11-15-29(16-12-27)33-19-9-10-20-34-30-17-13-28(14-18-30)32-26(8-2)22-24(5)6/h11-18,23-26,31-32H,7-10,19-22H2,1-6H3. The monoisotopic (exact) mass is 468 g/mol. The lowest BCUT2D eigenvalue weighted by atomic mass is 10.0. The molecule has 2 N–H and O–H groups in total. The average Bonchev–Trinajstić information content (AvgIpc) is 2.81. The van der Waals surface area contributed by atoms with Gasteiger partial charge in [-0.15, -0.1) is 0 Å². The number of benzene rings is 2. The summed E-state index contributed by atoms with van der Waals surface area (Å²) >= 11 is 0. The Kier molecular flexibility index (Phi) is 12.7. The van der Waals surface area contributed by atoms with Gasteiger partial charge in [0.05, 0.1) is 13.2 Å². The predicted molar refractivity (Wildman–Crippen MR) is 147 cm³/mol. The van der Waals surface area contributed by atoms with Crippen molar-refractivity contribution >= 4 is 11.4 Å². The third-order valence-electron chi connectivity index (χ3n) is 6.02. The summed E-state index contributed by atoms with van der Waals surface area (Å²) in [6, 6.07) is 17.7. The lowest BCUT2D eigenvalue weighted by Gasteiger charge is -2.20. The molecule has 0 aliphatic rings. The van der Waals surface area contributed by atoms with Gasteiger partial charge < -0.3 is 20.1 Å². The van der Waals surface area contributed by atoms with E-state index in [1.54, 1.807) is 0 Å². The van der Waals surface area contributed by atoms with E-state index in [1.807, 2.05) is 0 Å². The maximum atomic E-state index is 5.91. The number of ether oxygens (including phenoxy) is 2. The Labute approximate surface area is 208 Å². The summed E-state index contributed by atoms with van der Waals surface area (Å²) in [5, 5.41) is 7.27. The molecule has 0 amide bonds. The number of unbranched alkanes of at least 4 members (excludes halogenated alkanes) is 1. The summed E-state index contributed by atoms with van der Waals surface area (Å²) in [4.78, 5) is 0. The van der Waals surface area contributed by atoms with Crippen molar-refractivity contribution in [2.75, 3.05) is 23.8 Å². The maximum Gasteiger partial charge on any atom is 0.119 e. The molecule has 0 fully saturated rings. The zero-order chi connectivity index (χ0) is 24.8. The van der Waals surface area contributed by atoms with E-state index < -0.39 is 0 Å². The lowest BCUT2D eigenvalue weighted by Crippen LogP contribution is -2.20. The number of hydrogen-bond acceptors (Lipinski definition) is 4. The van der Waals surface area contributed by atoms with Crippen LogP contribution in [-0.2, 0) is 0 Å². The summed E-state index contributed by atoms with van der Waals surface area (Å²) in [6.07, 6.45) is 6.60. The summed E-state index contributed by atoms with van der Waals surface area (Å²) in [5.41, 5.74) is 2.33. The Hall–Kier alpha value is -2.36. The van der Waals surface area contributed by atoms with E-state index in [2.05, 4.69) is 101 Å². The lowest BCUT2D eigenvalue weighted by molar-refractivity contribution is 0.266. The van der Waals surface area contributed by atoms with E-state index in [9.17, 15) is 0 Å². The van der Waals surface area contributed by atoms with Gasteiger partial charge in [-0.3, -0.25) is 0 Å². The maximum absolute atomic E-state index is 5.91. The molecule has 0 aliphatic carbocycles. The van der Waals surface area contributed by atoms with E-state index in [0.29, 0.717) is 37.1 Å². The quantitative estimate of drug-likeness (QED) is 0.229. The highest BCUT2D eigenvalue weighted by Crippen LogP contribution is 2.21. The van der Waals surface area contributed by atoms with Crippen molar-refractivity contribution < 1.29 is 9.47 Å². The second-order valence-electron chi connectivity index (χ2n) is 10.2. The third kappa shape index (κ3) is 11.2. The van der Waals surface area contributed by atoms with Gasteiger partial charge in [-0.25, -0.2) is 0 Å². The van der Waals surface area contributed by atoms with Crippen LogP contribution in [0.25, 0.3) is 0 Å². The number of rotatable bonds is 17. The average molecular weight is 469 g/mol. The molecule has 4 heteroatoms. The van der Waals surface area contributed by atoms with Crippen LogP contribution in [0.5, 0.6) is 11.5 Å². The minimum absolute atomic E-state index is 0.525.